The van der Waals surface area contributed by atoms with E-state index in [1.807, 2.05) is 0 Å². The van der Waals surface area contributed by atoms with Crippen molar-refractivity contribution < 1.29 is 33.4 Å². The standard InChI is InChI=1S/C31H38FN4O6PS/c1-18-3-5-24(34-28(37)27-12-20-11-19(17-43(40,41)42)4-6-26(20)44-27)29(38)36-25(7-9-31(36,2)13-18)30(39)35-15-21(16-35)22-14-33-10-8-23(22)32/h4,6,8,10-12,14,18,21,24-25,28,34,37H,3,5,7,9,13,15-17H2,1-2H3,(H2,40,41,42)/t18-,24+,25+,28?,31-/m1/s1. The number of aliphatic hydroxyl groups excluding tert-OH is 1. The van der Waals surface area contributed by atoms with Crippen LogP contribution in [0.4, 0.5) is 4.39 Å². The van der Waals surface area contributed by atoms with Crippen LogP contribution in [0.3, 0.4) is 0 Å². The van der Waals surface area contributed by atoms with E-state index in [2.05, 4.69) is 24.1 Å². The SMILES string of the molecule is C[C@@H]1CC[C@H](NC(O)c2cc3cc(CP(=O)(O)O)ccc3s2)C(=O)N2[C@H](C(=O)N3CC(c4cnccc4F)C3)CC[C@]2(C)C1. The van der Waals surface area contributed by atoms with E-state index in [0.29, 0.717) is 54.3 Å². The summed E-state index contributed by atoms with van der Waals surface area (Å²) in [5.41, 5.74) is 0.515. The third kappa shape index (κ3) is 6.21. The van der Waals surface area contributed by atoms with Crippen molar-refractivity contribution in [3.63, 3.8) is 0 Å². The molecule has 13 heteroatoms. The second-order valence-corrected chi connectivity index (χ2v) is 15.7. The maximum absolute atomic E-state index is 14.3. The summed E-state index contributed by atoms with van der Waals surface area (Å²) >= 11 is 1.35. The molecule has 1 unspecified atom stereocenters. The molecule has 44 heavy (non-hydrogen) atoms. The Morgan fingerprint density at radius 3 is 2.73 bits per heavy atom. The van der Waals surface area contributed by atoms with Gasteiger partial charge in [-0.3, -0.25) is 24.5 Å². The second kappa shape index (κ2) is 11.9. The first-order valence-corrected chi connectivity index (χ1v) is 17.7. The highest BCUT2D eigenvalue weighted by Gasteiger charge is 2.53. The first-order chi connectivity index (χ1) is 20.8. The summed E-state index contributed by atoms with van der Waals surface area (Å²) in [5.74, 6) is -0.460. The number of carbonyl (C=O) groups excluding carboxylic acids is 2. The summed E-state index contributed by atoms with van der Waals surface area (Å²) in [7, 11) is -4.22. The number of likely N-dealkylation sites (tertiary alicyclic amines) is 1. The number of thiophene rings is 1. The predicted octanol–water partition coefficient (Wildman–Crippen LogP) is 4.26. The van der Waals surface area contributed by atoms with Crippen LogP contribution in [0.25, 0.3) is 10.1 Å². The van der Waals surface area contributed by atoms with Crippen molar-refractivity contribution in [1.29, 1.82) is 0 Å². The van der Waals surface area contributed by atoms with Gasteiger partial charge in [-0.1, -0.05) is 13.0 Å². The second-order valence-electron chi connectivity index (χ2n) is 12.9. The van der Waals surface area contributed by atoms with Crippen LogP contribution < -0.4 is 5.32 Å². The van der Waals surface area contributed by atoms with E-state index < -0.39 is 31.4 Å². The van der Waals surface area contributed by atoms with E-state index in [9.17, 15) is 33.4 Å². The smallest absolute Gasteiger partial charge is 0.329 e. The van der Waals surface area contributed by atoms with Crippen molar-refractivity contribution >= 4 is 40.8 Å². The zero-order valence-corrected chi connectivity index (χ0v) is 26.4. The molecule has 0 aliphatic carbocycles. The van der Waals surface area contributed by atoms with Gasteiger partial charge in [0.1, 0.15) is 18.1 Å². The minimum Gasteiger partial charge on any atom is -0.373 e. The Morgan fingerprint density at radius 2 is 2.00 bits per heavy atom. The van der Waals surface area contributed by atoms with Gasteiger partial charge in [-0.05, 0) is 80.2 Å². The van der Waals surface area contributed by atoms with Crippen molar-refractivity contribution in [2.45, 2.75) is 81.9 Å². The monoisotopic (exact) mass is 644 g/mol. The average Bonchev–Trinajstić information content (AvgIpc) is 3.49. The van der Waals surface area contributed by atoms with Gasteiger partial charge in [0.25, 0.3) is 0 Å². The van der Waals surface area contributed by atoms with E-state index in [1.54, 1.807) is 34.1 Å². The molecule has 0 bridgehead atoms. The van der Waals surface area contributed by atoms with Gasteiger partial charge >= 0.3 is 7.60 Å². The zero-order chi connectivity index (χ0) is 31.4. The molecule has 0 spiro atoms. The number of nitrogens with zero attached hydrogens (tertiary/aromatic N) is 3. The van der Waals surface area contributed by atoms with Gasteiger partial charge in [-0.15, -0.1) is 11.3 Å². The van der Waals surface area contributed by atoms with Crippen LogP contribution in [0.1, 0.15) is 74.1 Å². The number of hydrogen-bond donors (Lipinski definition) is 4. The molecule has 3 fully saturated rings. The summed E-state index contributed by atoms with van der Waals surface area (Å²) < 4.78 is 26.6. The van der Waals surface area contributed by atoms with E-state index >= 15 is 0 Å². The predicted molar refractivity (Wildman–Crippen MR) is 164 cm³/mol. The fourth-order valence-electron chi connectivity index (χ4n) is 7.29. The quantitative estimate of drug-likeness (QED) is 0.221. The number of nitrogens with one attached hydrogen (secondary N) is 1. The molecule has 3 aliphatic heterocycles. The first-order valence-electron chi connectivity index (χ1n) is 15.0. The summed E-state index contributed by atoms with van der Waals surface area (Å²) in [5, 5.41) is 15.1. The van der Waals surface area contributed by atoms with Crippen LogP contribution >= 0.6 is 18.9 Å². The molecular weight excluding hydrogens is 606 g/mol. The number of pyridine rings is 1. The lowest BCUT2D eigenvalue weighted by molar-refractivity contribution is -0.153. The van der Waals surface area contributed by atoms with E-state index in [0.717, 1.165) is 22.9 Å². The molecule has 2 aromatic heterocycles. The maximum Gasteiger partial charge on any atom is 0.329 e. The number of carbonyl (C=O) groups is 2. The van der Waals surface area contributed by atoms with E-state index in [4.69, 9.17) is 0 Å². The maximum atomic E-state index is 14.3. The van der Waals surface area contributed by atoms with Crippen molar-refractivity contribution in [3.8, 4) is 0 Å². The molecule has 4 N–H and O–H groups in total. The molecule has 5 heterocycles. The van der Waals surface area contributed by atoms with Gasteiger partial charge in [0.2, 0.25) is 11.8 Å². The Labute approximate surface area is 259 Å². The van der Waals surface area contributed by atoms with Crippen molar-refractivity contribution in [1.82, 2.24) is 20.1 Å². The van der Waals surface area contributed by atoms with Crippen LogP contribution in [-0.2, 0) is 20.3 Å². The van der Waals surface area contributed by atoms with E-state index in [-0.39, 0.29) is 29.7 Å². The van der Waals surface area contributed by atoms with Crippen LogP contribution in [0.2, 0.25) is 0 Å². The number of amides is 2. The lowest BCUT2D eigenvalue weighted by Gasteiger charge is -2.46. The van der Waals surface area contributed by atoms with Crippen molar-refractivity contribution in [2.24, 2.45) is 5.92 Å². The molecule has 1 aromatic carbocycles. The average molecular weight is 645 g/mol. The van der Waals surface area contributed by atoms with Gasteiger partial charge < -0.3 is 24.7 Å². The molecule has 0 saturated carbocycles. The van der Waals surface area contributed by atoms with Gasteiger partial charge in [0.15, 0.2) is 0 Å². The summed E-state index contributed by atoms with van der Waals surface area (Å²) in [6.07, 6.45) is 4.75. The van der Waals surface area contributed by atoms with E-state index in [1.165, 1.54) is 29.8 Å². The first kappa shape index (κ1) is 31.3. The number of aliphatic hydroxyl groups is 1. The Hall–Kier alpha value is -2.73. The van der Waals surface area contributed by atoms with Crippen molar-refractivity contribution in [2.75, 3.05) is 13.1 Å². The van der Waals surface area contributed by atoms with Crippen LogP contribution in [0.5, 0.6) is 0 Å². The van der Waals surface area contributed by atoms with Gasteiger partial charge in [-0.25, -0.2) is 4.39 Å². The fraction of sp³-hybridized carbons (Fsp3) is 0.516. The number of benzene rings is 1. The zero-order valence-electron chi connectivity index (χ0n) is 24.7. The van der Waals surface area contributed by atoms with Crippen LogP contribution in [0, 0.1) is 11.7 Å². The summed E-state index contributed by atoms with van der Waals surface area (Å²) in [6, 6.07) is 6.93. The molecule has 236 valence electrons. The molecular formula is C31H38FN4O6PS. The van der Waals surface area contributed by atoms with Crippen LogP contribution in [0.15, 0.2) is 42.7 Å². The fourth-order valence-corrected chi connectivity index (χ4v) is 8.95. The summed E-state index contributed by atoms with van der Waals surface area (Å²) in [4.78, 5) is 54.8. The number of halogens is 1. The molecule has 3 saturated heterocycles. The van der Waals surface area contributed by atoms with Gasteiger partial charge in [0, 0.05) is 52.1 Å². The molecule has 10 nitrogen and oxygen atoms in total. The number of fused-ring (bicyclic) bond motifs is 2. The molecule has 6 rings (SSSR count). The Bertz CT molecular complexity index is 1630. The molecule has 0 radical (unpaired) electrons. The highest BCUT2D eigenvalue weighted by atomic mass is 32.1. The minimum absolute atomic E-state index is 0.120. The largest absolute Gasteiger partial charge is 0.373 e. The van der Waals surface area contributed by atoms with Crippen molar-refractivity contribution in [3.05, 3.63) is 64.5 Å². The van der Waals surface area contributed by atoms with Crippen LogP contribution in [-0.4, -0.2) is 72.2 Å². The molecule has 2 amide bonds. The molecule has 3 aliphatic rings. The lowest BCUT2D eigenvalue weighted by atomic mass is 9.82. The summed E-state index contributed by atoms with van der Waals surface area (Å²) in [6.45, 7) is 4.98. The number of hydrogen-bond acceptors (Lipinski definition) is 7. The molecule has 5 atom stereocenters. The minimum atomic E-state index is -4.22. The lowest BCUT2D eigenvalue weighted by Crippen LogP contribution is -2.62. The molecule has 3 aromatic rings. The Morgan fingerprint density at radius 1 is 1.23 bits per heavy atom. The Balaban J connectivity index is 1.19. The highest BCUT2D eigenvalue weighted by Crippen LogP contribution is 2.44. The highest BCUT2D eigenvalue weighted by molar-refractivity contribution is 7.50. The third-order valence-corrected chi connectivity index (χ3v) is 11.4. The normalized spacial score (nSPS) is 27.1. The van der Waals surface area contributed by atoms with Gasteiger partial charge in [0.05, 0.1) is 12.2 Å². The van der Waals surface area contributed by atoms with Gasteiger partial charge in [-0.2, -0.15) is 0 Å². The Kier molecular flexibility index (Phi) is 8.45. The third-order valence-electron chi connectivity index (χ3n) is 9.45. The number of rotatable bonds is 7. The number of aromatic nitrogens is 1. The topological polar surface area (TPSA) is 143 Å².